The Hall–Kier alpha value is -2.74. The largest absolute Gasteiger partial charge is 0.480 e. The number of carboxylic acid groups (broad SMARTS) is 1. The molecule has 0 saturated heterocycles. The highest BCUT2D eigenvalue weighted by molar-refractivity contribution is 7.22. The molecule has 0 aliphatic heterocycles. The summed E-state index contributed by atoms with van der Waals surface area (Å²) in [6.45, 7) is 1.59. The average Bonchev–Trinajstić information content (AvgIpc) is 3.05. The molecule has 2 aromatic heterocycles. The van der Waals surface area contributed by atoms with Crippen molar-refractivity contribution in [2.45, 2.75) is 13.5 Å². The number of carboxylic acids is 1. The number of hydrogen-bond donors (Lipinski definition) is 2. The molecule has 2 heterocycles. The van der Waals surface area contributed by atoms with Crippen LogP contribution in [-0.2, 0) is 11.3 Å². The maximum absolute atomic E-state index is 12.2. The smallest absolute Gasteiger partial charge is 0.325 e. The lowest BCUT2D eigenvalue weighted by Crippen LogP contribution is -2.20. The summed E-state index contributed by atoms with van der Waals surface area (Å²) in [6.07, 6.45) is 1.39. The van der Waals surface area contributed by atoms with E-state index in [-0.39, 0.29) is 12.2 Å². The number of fused-ring (bicyclic) bond motifs is 1. The Morgan fingerprint density at radius 2 is 2.18 bits per heavy atom. The number of nitrogens with zero attached hydrogens (tertiary/aromatic N) is 3. The number of nitrogens with one attached hydrogen (secondary N) is 1. The summed E-state index contributed by atoms with van der Waals surface area (Å²) in [4.78, 5) is 27.4. The normalized spacial score (nSPS) is 10.8. The molecule has 0 atom stereocenters. The number of aromatic nitrogens is 3. The van der Waals surface area contributed by atoms with Gasteiger partial charge in [0.1, 0.15) is 12.2 Å². The second kappa shape index (κ2) is 5.57. The number of aliphatic carboxylic acids is 1. The first-order chi connectivity index (χ1) is 10.5. The zero-order valence-corrected chi connectivity index (χ0v) is 12.4. The van der Waals surface area contributed by atoms with Crippen molar-refractivity contribution >= 4 is 38.6 Å². The molecule has 0 radical (unpaired) electrons. The Kier molecular flexibility index (Phi) is 3.60. The number of aryl methyl sites for hydroxylation is 1. The van der Waals surface area contributed by atoms with E-state index in [0.717, 1.165) is 20.5 Å². The fourth-order valence-electron chi connectivity index (χ4n) is 2.08. The van der Waals surface area contributed by atoms with Crippen molar-refractivity contribution in [2.24, 2.45) is 0 Å². The number of carbonyl (C=O) groups excluding carboxylic acids is 1. The molecule has 2 N–H and O–H groups in total. The molecule has 0 aliphatic carbocycles. The first kappa shape index (κ1) is 14.2. The van der Waals surface area contributed by atoms with Crippen LogP contribution in [-0.4, -0.2) is 31.7 Å². The fourth-order valence-corrected chi connectivity index (χ4v) is 3.02. The van der Waals surface area contributed by atoms with Gasteiger partial charge < -0.3 is 5.11 Å². The lowest BCUT2D eigenvalue weighted by Gasteiger charge is -2.04. The second-order valence-corrected chi connectivity index (χ2v) is 5.69. The third-order valence-electron chi connectivity index (χ3n) is 3.08. The van der Waals surface area contributed by atoms with E-state index in [9.17, 15) is 9.59 Å². The summed E-state index contributed by atoms with van der Waals surface area (Å²) in [6, 6.07) is 7.29. The Morgan fingerprint density at radius 3 is 2.91 bits per heavy atom. The van der Waals surface area contributed by atoms with Crippen LogP contribution in [0.25, 0.3) is 10.2 Å². The van der Waals surface area contributed by atoms with Crippen molar-refractivity contribution in [3.63, 3.8) is 0 Å². The van der Waals surface area contributed by atoms with Crippen LogP contribution in [0, 0.1) is 6.92 Å². The molecule has 112 valence electrons. The summed E-state index contributed by atoms with van der Waals surface area (Å²) in [5, 5.41) is 15.8. The van der Waals surface area contributed by atoms with Crippen LogP contribution in [0.4, 0.5) is 5.13 Å². The van der Waals surface area contributed by atoms with Crippen molar-refractivity contribution < 1.29 is 14.7 Å². The van der Waals surface area contributed by atoms with Gasteiger partial charge in [0.25, 0.3) is 5.91 Å². The molecular weight excluding hydrogens is 304 g/mol. The fraction of sp³-hybridized carbons (Fsp3) is 0.143. The molecule has 7 nitrogen and oxygen atoms in total. The van der Waals surface area contributed by atoms with Crippen LogP contribution in [0.15, 0.2) is 30.5 Å². The van der Waals surface area contributed by atoms with Crippen LogP contribution in [0.5, 0.6) is 0 Å². The molecule has 0 bridgehead atoms. The zero-order valence-electron chi connectivity index (χ0n) is 11.6. The summed E-state index contributed by atoms with van der Waals surface area (Å²) >= 11 is 1.37. The van der Waals surface area contributed by atoms with Crippen molar-refractivity contribution in [2.75, 3.05) is 5.32 Å². The topological polar surface area (TPSA) is 97.1 Å². The van der Waals surface area contributed by atoms with Crippen LogP contribution in [0.1, 0.15) is 16.1 Å². The van der Waals surface area contributed by atoms with E-state index >= 15 is 0 Å². The maximum atomic E-state index is 12.2. The van der Waals surface area contributed by atoms with E-state index in [2.05, 4.69) is 15.4 Å². The molecule has 0 aliphatic rings. The molecule has 0 spiro atoms. The lowest BCUT2D eigenvalue weighted by molar-refractivity contribution is -0.137. The standard InChI is InChI=1S/C14H12N4O3S/c1-8-3-2-4-10-12(8)16-14(22-10)17-13(21)9-5-6-15-18(9)7-11(19)20/h2-6H,7H2,1H3,(H,19,20)(H,16,17,21). The van der Waals surface area contributed by atoms with Gasteiger partial charge in [-0.25, -0.2) is 9.67 Å². The molecule has 22 heavy (non-hydrogen) atoms. The van der Waals surface area contributed by atoms with Crippen LogP contribution < -0.4 is 5.32 Å². The molecule has 3 rings (SSSR count). The van der Waals surface area contributed by atoms with Gasteiger partial charge >= 0.3 is 5.97 Å². The van der Waals surface area contributed by atoms with Crippen LogP contribution in [0.2, 0.25) is 0 Å². The van der Waals surface area contributed by atoms with Crippen LogP contribution >= 0.6 is 11.3 Å². The van der Waals surface area contributed by atoms with Gasteiger partial charge in [-0.3, -0.25) is 14.9 Å². The van der Waals surface area contributed by atoms with E-state index in [1.165, 1.54) is 23.6 Å². The molecular formula is C14H12N4O3S. The Bertz CT molecular complexity index is 868. The van der Waals surface area contributed by atoms with Gasteiger partial charge in [0, 0.05) is 6.20 Å². The van der Waals surface area contributed by atoms with E-state index in [4.69, 9.17) is 5.11 Å². The minimum Gasteiger partial charge on any atom is -0.480 e. The summed E-state index contributed by atoms with van der Waals surface area (Å²) in [5.41, 5.74) is 2.06. The monoisotopic (exact) mass is 316 g/mol. The Balaban J connectivity index is 1.85. The summed E-state index contributed by atoms with van der Waals surface area (Å²) in [7, 11) is 0. The van der Waals surface area contributed by atoms with Gasteiger partial charge in [-0.05, 0) is 24.6 Å². The number of amides is 1. The lowest BCUT2D eigenvalue weighted by atomic mass is 10.2. The summed E-state index contributed by atoms with van der Waals surface area (Å²) in [5.74, 6) is -1.50. The highest BCUT2D eigenvalue weighted by atomic mass is 32.1. The zero-order chi connectivity index (χ0) is 15.7. The van der Waals surface area contributed by atoms with Gasteiger partial charge in [-0.2, -0.15) is 5.10 Å². The molecule has 1 aromatic carbocycles. The van der Waals surface area contributed by atoms with E-state index in [1.807, 2.05) is 25.1 Å². The van der Waals surface area contributed by atoms with E-state index < -0.39 is 11.9 Å². The number of hydrogen-bond acceptors (Lipinski definition) is 5. The van der Waals surface area contributed by atoms with Gasteiger partial charge in [-0.15, -0.1) is 0 Å². The number of benzene rings is 1. The van der Waals surface area contributed by atoms with E-state index in [1.54, 1.807) is 0 Å². The predicted molar refractivity (Wildman–Crippen MR) is 82.2 cm³/mol. The number of thiazole rings is 1. The van der Waals surface area contributed by atoms with Gasteiger partial charge in [0.05, 0.1) is 10.2 Å². The number of rotatable bonds is 4. The van der Waals surface area contributed by atoms with Crippen LogP contribution in [0.3, 0.4) is 0 Å². The first-order valence-electron chi connectivity index (χ1n) is 6.45. The molecule has 0 saturated carbocycles. The highest BCUT2D eigenvalue weighted by Crippen LogP contribution is 2.28. The molecule has 8 heteroatoms. The van der Waals surface area contributed by atoms with Gasteiger partial charge in [0.2, 0.25) is 0 Å². The molecule has 0 fully saturated rings. The number of para-hydroxylation sites is 1. The van der Waals surface area contributed by atoms with Crippen molar-refractivity contribution in [3.8, 4) is 0 Å². The first-order valence-corrected chi connectivity index (χ1v) is 7.27. The minimum atomic E-state index is -1.06. The second-order valence-electron chi connectivity index (χ2n) is 4.66. The Labute approximate surface area is 129 Å². The minimum absolute atomic E-state index is 0.179. The SMILES string of the molecule is Cc1cccc2sc(NC(=O)c3ccnn3CC(=O)O)nc12. The predicted octanol–water partition coefficient (Wildman–Crippen LogP) is 2.14. The number of anilines is 1. The van der Waals surface area contributed by atoms with E-state index in [0.29, 0.717) is 5.13 Å². The van der Waals surface area contributed by atoms with Crippen molar-refractivity contribution in [1.82, 2.24) is 14.8 Å². The van der Waals surface area contributed by atoms with Gasteiger partial charge in [0.15, 0.2) is 5.13 Å². The van der Waals surface area contributed by atoms with Gasteiger partial charge in [-0.1, -0.05) is 23.5 Å². The molecule has 3 aromatic rings. The highest BCUT2D eigenvalue weighted by Gasteiger charge is 2.16. The van der Waals surface area contributed by atoms with Crippen molar-refractivity contribution in [1.29, 1.82) is 0 Å². The molecule has 0 unspecified atom stereocenters. The Morgan fingerprint density at radius 1 is 1.36 bits per heavy atom. The summed E-state index contributed by atoms with van der Waals surface area (Å²) < 4.78 is 2.12. The quantitative estimate of drug-likeness (QED) is 0.768. The third-order valence-corrected chi connectivity index (χ3v) is 4.01. The molecule has 1 amide bonds. The average molecular weight is 316 g/mol. The van der Waals surface area contributed by atoms with Crippen molar-refractivity contribution in [3.05, 3.63) is 41.7 Å². The third kappa shape index (κ3) is 2.68. The number of carbonyl (C=O) groups is 2. The maximum Gasteiger partial charge on any atom is 0.325 e.